The monoisotopic (exact) mass is 359 g/mol. The number of benzene rings is 2. The van der Waals surface area contributed by atoms with Gasteiger partial charge in [0, 0.05) is 5.69 Å². The van der Waals surface area contributed by atoms with E-state index < -0.39 is 0 Å². The summed E-state index contributed by atoms with van der Waals surface area (Å²) in [5.41, 5.74) is 1.80. The van der Waals surface area contributed by atoms with Gasteiger partial charge in [0.15, 0.2) is 9.45 Å². The van der Waals surface area contributed by atoms with Crippen LogP contribution in [0.4, 0.5) is 5.69 Å². The molecule has 0 bridgehead atoms. The molecule has 2 aromatic carbocycles. The van der Waals surface area contributed by atoms with Crippen LogP contribution in [0.15, 0.2) is 58.9 Å². The lowest BCUT2D eigenvalue weighted by atomic mass is 10.3. The summed E-state index contributed by atoms with van der Waals surface area (Å²) >= 11 is 8.12. The van der Waals surface area contributed by atoms with Crippen molar-refractivity contribution >= 4 is 62.2 Å². The van der Waals surface area contributed by atoms with Crippen molar-refractivity contribution in [3.63, 3.8) is 0 Å². The van der Waals surface area contributed by atoms with Crippen LogP contribution in [0.25, 0.3) is 10.2 Å². The number of anilines is 1. The summed E-state index contributed by atoms with van der Waals surface area (Å²) in [6.07, 6.45) is 0. The maximum Gasteiger partial charge on any atom is 0.236 e. The summed E-state index contributed by atoms with van der Waals surface area (Å²) in [7, 11) is 0. The van der Waals surface area contributed by atoms with Crippen molar-refractivity contribution in [1.82, 2.24) is 10.3 Å². The molecule has 23 heavy (non-hydrogen) atoms. The Morgan fingerprint density at radius 3 is 2.65 bits per heavy atom. The molecule has 0 saturated heterocycles. The van der Waals surface area contributed by atoms with Crippen molar-refractivity contribution in [1.29, 1.82) is 0 Å². The van der Waals surface area contributed by atoms with E-state index in [1.165, 1.54) is 11.8 Å². The Balaban J connectivity index is 1.50. The van der Waals surface area contributed by atoms with Crippen molar-refractivity contribution in [2.45, 2.75) is 4.34 Å². The van der Waals surface area contributed by atoms with Gasteiger partial charge in [0.25, 0.3) is 0 Å². The fraction of sp³-hybridized carbons (Fsp3) is 0.0625. The van der Waals surface area contributed by atoms with E-state index in [1.54, 1.807) is 11.3 Å². The molecule has 0 atom stereocenters. The number of thiocarbonyl (C=S) groups is 1. The van der Waals surface area contributed by atoms with E-state index >= 15 is 0 Å². The van der Waals surface area contributed by atoms with Crippen molar-refractivity contribution < 1.29 is 4.79 Å². The predicted molar refractivity (Wildman–Crippen MR) is 101 cm³/mol. The molecule has 1 heterocycles. The van der Waals surface area contributed by atoms with Crippen molar-refractivity contribution in [2.75, 3.05) is 11.1 Å². The molecule has 3 aromatic rings. The second kappa shape index (κ2) is 7.54. The molecule has 2 N–H and O–H groups in total. The number of thioether (sulfide) groups is 1. The fourth-order valence-electron chi connectivity index (χ4n) is 1.89. The van der Waals surface area contributed by atoms with Crippen LogP contribution in [0.1, 0.15) is 0 Å². The molecular weight excluding hydrogens is 346 g/mol. The lowest BCUT2D eigenvalue weighted by Gasteiger charge is -2.08. The third-order valence-electron chi connectivity index (χ3n) is 2.89. The number of nitrogens with one attached hydrogen (secondary N) is 2. The number of carbonyl (C=O) groups excluding carboxylic acids is 1. The zero-order valence-corrected chi connectivity index (χ0v) is 14.4. The minimum absolute atomic E-state index is 0.150. The fourth-order valence-corrected chi connectivity index (χ4v) is 3.99. The topological polar surface area (TPSA) is 54.0 Å². The summed E-state index contributed by atoms with van der Waals surface area (Å²) in [6.45, 7) is 0. The molecule has 7 heteroatoms. The molecule has 0 fully saturated rings. The largest absolute Gasteiger partial charge is 0.332 e. The predicted octanol–water partition coefficient (Wildman–Crippen LogP) is 3.90. The molecule has 0 aliphatic carbocycles. The van der Waals surface area contributed by atoms with Gasteiger partial charge in [-0.15, -0.1) is 11.3 Å². The van der Waals surface area contributed by atoms with Crippen molar-refractivity contribution in [2.24, 2.45) is 0 Å². The first-order chi connectivity index (χ1) is 11.2. The summed E-state index contributed by atoms with van der Waals surface area (Å²) < 4.78 is 2.00. The highest BCUT2D eigenvalue weighted by atomic mass is 32.2. The number of fused-ring (bicyclic) bond motifs is 1. The maximum absolute atomic E-state index is 11.9. The van der Waals surface area contributed by atoms with Gasteiger partial charge in [-0.3, -0.25) is 4.79 Å². The average Bonchev–Trinajstić information content (AvgIpc) is 2.96. The smallest absolute Gasteiger partial charge is 0.236 e. The second-order valence-corrected chi connectivity index (χ2v) is 7.27. The Hall–Kier alpha value is -1.96. The summed E-state index contributed by atoms with van der Waals surface area (Å²) in [5.74, 6) is 0.124. The zero-order chi connectivity index (χ0) is 16.1. The molecule has 0 aliphatic rings. The SMILES string of the molecule is O=C(CSc1nc2ccccc2s1)NC(=S)Nc1ccccc1. The van der Waals surface area contributed by atoms with Gasteiger partial charge in [-0.05, 0) is 36.5 Å². The number of carbonyl (C=O) groups is 1. The lowest BCUT2D eigenvalue weighted by molar-refractivity contribution is -0.117. The van der Waals surface area contributed by atoms with Gasteiger partial charge in [-0.1, -0.05) is 42.1 Å². The standard InChI is InChI=1S/C16H13N3OS3/c20-14(19-15(21)17-11-6-2-1-3-7-11)10-22-16-18-12-8-4-5-9-13(12)23-16/h1-9H,10H2,(H2,17,19,20,21). The molecule has 0 radical (unpaired) electrons. The van der Waals surface area contributed by atoms with Gasteiger partial charge in [0.05, 0.1) is 16.0 Å². The van der Waals surface area contributed by atoms with E-state index in [0.29, 0.717) is 5.11 Å². The molecule has 0 unspecified atom stereocenters. The minimum Gasteiger partial charge on any atom is -0.332 e. The van der Waals surface area contributed by atoms with Gasteiger partial charge in [-0.25, -0.2) is 4.98 Å². The summed E-state index contributed by atoms with van der Waals surface area (Å²) in [4.78, 5) is 16.4. The van der Waals surface area contributed by atoms with E-state index in [9.17, 15) is 4.79 Å². The Bertz CT molecular complexity index is 800. The number of hydrogen-bond donors (Lipinski definition) is 2. The molecule has 3 rings (SSSR count). The maximum atomic E-state index is 11.9. The Kier molecular flexibility index (Phi) is 5.22. The first kappa shape index (κ1) is 15.9. The van der Waals surface area contributed by atoms with Gasteiger partial charge in [-0.2, -0.15) is 0 Å². The van der Waals surface area contributed by atoms with Crippen LogP contribution >= 0.6 is 35.3 Å². The molecule has 1 aromatic heterocycles. The Labute approximate surface area is 147 Å². The number of para-hydroxylation sites is 2. The number of aromatic nitrogens is 1. The van der Waals surface area contributed by atoms with Crippen LogP contribution in [0.5, 0.6) is 0 Å². The van der Waals surface area contributed by atoms with E-state index in [-0.39, 0.29) is 11.7 Å². The number of thiazole rings is 1. The van der Waals surface area contributed by atoms with Crippen molar-refractivity contribution in [3.05, 3.63) is 54.6 Å². The number of amides is 1. The number of rotatable bonds is 4. The summed E-state index contributed by atoms with van der Waals surface area (Å²) in [6, 6.07) is 17.4. The van der Waals surface area contributed by atoms with E-state index in [1.807, 2.05) is 54.6 Å². The first-order valence-corrected chi connectivity index (χ1v) is 9.06. The van der Waals surface area contributed by atoms with Crippen LogP contribution in [-0.2, 0) is 4.79 Å². The van der Waals surface area contributed by atoms with Crippen LogP contribution in [-0.4, -0.2) is 21.8 Å². The minimum atomic E-state index is -0.150. The summed E-state index contributed by atoms with van der Waals surface area (Å²) in [5, 5.41) is 5.94. The quantitative estimate of drug-likeness (QED) is 0.546. The number of nitrogens with zero attached hydrogens (tertiary/aromatic N) is 1. The van der Waals surface area contributed by atoms with E-state index in [0.717, 1.165) is 20.2 Å². The highest BCUT2D eigenvalue weighted by Gasteiger charge is 2.09. The lowest BCUT2D eigenvalue weighted by Crippen LogP contribution is -2.35. The Morgan fingerprint density at radius 2 is 1.87 bits per heavy atom. The van der Waals surface area contributed by atoms with Crippen LogP contribution < -0.4 is 10.6 Å². The third kappa shape index (κ3) is 4.51. The van der Waals surface area contributed by atoms with Crippen LogP contribution in [0, 0.1) is 0 Å². The zero-order valence-electron chi connectivity index (χ0n) is 12.0. The van der Waals surface area contributed by atoms with Crippen LogP contribution in [0.3, 0.4) is 0 Å². The van der Waals surface area contributed by atoms with Crippen LogP contribution in [0.2, 0.25) is 0 Å². The van der Waals surface area contributed by atoms with Gasteiger partial charge in [0.1, 0.15) is 0 Å². The molecule has 0 saturated carbocycles. The third-order valence-corrected chi connectivity index (χ3v) is 5.27. The highest BCUT2D eigenvalue weighted by molar-refractivity contribution is 8.01. The molecule has 116 valence electrons. The molecular formula is C16H13N3OS3. The van der Waals surface area contributed by atoms with E-state index in [4.69, 9.17) is 12.2 Å². The van der Waals surface area contributed by atoms with E-state index in [2.05, 4.69) is 15.6 Å². The first-order valence-electron chi connectivity index (χ1n) is 6.85. The molecule has 0 aliphatic heterocycles. The van der Waals surface area contributed by atoms with Crippen molar-refractivity contribution in [3.8, 4) is 0 Å². The normalized spacial score (nSPS) is 10.4. The van der Waals surface area contributed by atoms with Gasteiger partial charge in [0.2, 0.25) is 5.91 Å². The number of hydrogen-bond acceptors (Lipinski definition) is 5. The molecule has 1 amide bonds. The van der Waals surface area contributed by atoms with Gasteiger partial charge >= 0.3 is 0 Å². The average molecular weight is 360 g/mol. The Morgan fingerprint density at radius 1 is 1.13 bits per heavy atom. The second-order valence-electron chi connectivity index (χ2n) is 4.60. The van der Waals surface area contributed by atoms with Gasteiger partial charge < -0.3 is 10.6 Å². The molecule has 4 nitrogen and oxygen atoms in total. The highest BCUT2D eigenvalue weighted by Crippen LogP contribution is 2.28. The molecule has 0 spiro atoms.